The second-order valence-electron chi connectivity index (χ2n) is 4.94. The summed E-state index contributed by atoms with van der Waals surface area (Å²) in [6, 6.07) is 4.98. The highest BCUT2D eigenvalue weighted by molar-refractivity contribution is 5.86. The normalized spacial score (nSPS) is 14.5. The van der Waals surface area contributed by atoms with E-state index in [1.165, 1.54) is 19.5 Å². The largest absolute Gasteiger partial charge is 0.487 e. The van der Waals surface area contributed by atoms with Crippen molar-refractivity contribution in [2.75, 3.05) is 20.3 Å². The molecule has 1 aliphatic heterocycles. The van der Waals surface area contributed by atoms with Gasteiger partial charge in [0.25, 0.3) is 0 Å². The lowest BCUT2D eigenvalue weighted by atomic mass is 10.2. The minimum atomic E-state index is -1.11. The molecule has 0 aromatic carbocycles. The summed E-state index contributed by atoms with van der Waals surface area (Å²) >= 11 is 0. The van der Waals surface area contributed by atoms with Crippen LogP contribution in [0, 0.1) is 0 Å². The van der Waals surface area contributed by atoms with Crippen LogP contribution in [-0.4, -0.2) is 41.4 Å². The molecule has 0 amide bonds. The van der Waals surface area contributed by atoms with E-state index in [-0.39, 0.29) is 12.3 Å². The first-order valence-corrected chi connectivity index (χ1v) is 7.26. The number of methoxy groups -OCH3 is 1. The predicted octanol–water partition coefficient (Wildman–Crippen LogP) is 1.81. The summed E-state index contributed by atoms with van der Waals surface area (Å²) < 4.78 is 21.9. The maximum Gasteiger partial charge on any atom is 0.354 e. The molecule has 0 saturated carbocycles. The molecule has 0 aliphatic carbocycles. The quantitative estimate of drug-likeness (QED) is 0.855. The molecule has 0 unspecified atom stereocenters. The van der Waals surface area contributed by atoms with Crippen molar-refractivity contribution >= 4 is 5.97 Å². The molecule has 1 aliphatic rings. The van der Waals surface area contributed by atoms with Crippen LogP contribution in [0.1, 0.15) is 27.9 Å². The summed E-state index contributed by atoms with van der Waals surface area (Å²) in [6.45, 7) is 1.00. The Labute approximate surface area is 138 Å². The number of aromatic carboxylic acids is 1. The number of carboxylic acids is 1. The first kappa shape index (κ1) is 16.2. The van der Waals surface area contributed by atoms with Gasteiger partial charge in [-0.15, -0.1) is 0 Å². The highest BCUT2D eigenvalue weighted by Gasteiger charge is 2.24. The molecular formula is C16H16N2O6. The zero-order valence-electron chi connectivity index (χ0n) is 13.0. The molecule has 2 aromatic rings. The lowest BCUT2D eigenvalue weighted by Gasteiger charge is -2.16. The topological polar surface area (TPSA) is 100 Å². The number of aromatic nitrogens is 2. The van der Waals surface area contributed by atoms with E-state index in [1.807, 2.05) is 0 Å². The minimum Gasteiger partial charge on any atom is -0.487 e. The molecule has 3 rings (SSSR count). The monoisotopic (exact) mass is 332 g/mol. The van der Waals surface area contributed by atoms with E-state index in [9.17, 15) is 9.90 Å². The molecule has 3 heterocycles. The Balaban J connectivity index is 1.83. The molecule has 1 saturated heterocycles. The predicted molar refractivity (Wildman–Crippen MR) is 81.0 cm³/mol. The van der Waals surface area contributed by atoms with Gasteiger partial charge in [0.2, 0.25) is 5.88 Å². The number of ether oxygens (including phenoxy) is 4. The first-order valence-electron chi connectivity index (χ1n) is 7.26. The van der Waals surface area contributed by atoms with Crippen LogP contribution in [0.15, 0.2) is 30.6 Å². The lowest BCUT2D eigenvalue weighted by molar-refractivity contribution is -0.0461. The van der Waals surface area contributed by atoms with Gasteiger partial charge in [0.05, 0.1) is 32.1 Å². The highest BCUT2D eigenvalue weighted by atomic mass is 16.7. The van der Waals surface area contributed by atoms with Gasteiger partial charge in [-0.05, 0) is 6.07 Å². The number of carboxylic acid groups (broad SMARTS) is 1. The van der Waals surface area contributed by atoms with Crippen LogP contribution in [0.3, 0.4) is 0 Å². The van der Waals surface area contributed by atoms with Crippen molar-refractivity contribution in [2.45, 2.75) is 12.9 Å². The van der Waals surface area contributed by atoms with Crippen LogP contribution in [0.4, 0.5) is 0 Å². The number of pyridine rings is 2. The van der Waals surface area contributed by atoms with Gasteiger partial charge < -0.3 is 24.1 Å². The van der Waals surface area contributed by atoms with E-state index in [0.29, 0.717) is 36.0 Å². The van der Waals surface area contributed by atoms with Gasteiger partial charge in [-0.1, -0.05) is 6.07 Å². The Kier molecular flexibility index (Phi) is 4.88. The number of hydrogen-bond acceptors (Lipinski definition) is 7. The molecular weight excluding hydrogens is 316 g/mol. The first-order chi connectivity index (χ1) is 11.7. The van der Waals surface area contributed by atoms with Crippen molar-refractivity contribution in [3.63, 3.8) is 0 Å². The van der Waals surface area contributed by atoms with E-state index in [1.54, 1.807) is 18.2 Å². The molecule has 0 atom stereocenters. The fourth-order valence-electron chi connectivity index (χ4n) is 2.30. The second kappa shape index (κ2) is 7.24. The average Bonchev–Trinajstić information content (AvgIpc) is 3.14. The van der Waals surface area contributed by atoms with Gasteiger partial charge in [0.1, 0.15) is 12.4 Å². The van der Waals surface area contributed by atoms with Gasteiger partial charge in [-0.2, -0.15) is 0 Å². The summed E-state index contributed by atoms with van der Waals surface area (Å²) in [5.41, 5.74) is 1.05. The highest BCUT2D eigenvalue weighted by Crippen LogP contribution is 2.33. The maximum atomic E-state index is 11.2. The molecule has 0 radical (unpaired) electrons. The Hall–Kier alpha value is -2.71. The Morgan fingerprint density at radius 1 is 1.38 bits per heavy atom. The van der Waals surface area contributed by atoms with E-state index in [2.05, 4.69) is 9.97 Å². The van der Waals surface area contributed by atoms with E-state index < -0.39 is 12.3 Å². The van der Waals surface area contributed by atoms with Crippen molar-refractivity contribution in [3.05, 3.63) is 47.4 Å². The number of nitrogens with zero attached hydrogens (tertiary/aromatic N) is 2. The van der Waals surface area contributed by atoms with Crippen LogP contribution < -0.4 is 9.47 Å². The third kappa shape index (κ3) is 3.44. The average molecular weight is 332 g/mol. The summed E-state index contributed by atoms with van der Waals surface area (Å²) in [5.74, 6) is -0.267. The number of hydrogen-bond donors (Lipinski definition) is 1. The number of rotatable bonds is 6. The Morgan fingerprint density at radius 3 is 2.88 bits per heavy atom. The zero-order valence-corrected chi connectivity index (χ0v) is 13.0. The van der Waals surface area contributed by atoms with Crippen molar-refractivity contribution in [2.24, 2.45) is 0 Å². The van der Waals surface area contributed by atoms with Crippen LogP contribution in [0.5, 0.6) is 11.6 Å². The van der Waals surface area contributed by atoms with Crippen LogP contribution in [-0.2, 0) is 16.1 Å². The molecule has 1 N–H and O–H groups in total. The zero-order chi connectivity index (χ0) is 16.9. The van der Waals surface area contributed by atoms with Crippen LogP contribution >= 0.6 is 0 Å². The third-order valence-corrected chi connectivity index (χ3v) is 3.43. The van der Waals surface area contributed by atoms with Crippen molar-refractivity contribution in [1.82, 2.24) is 9.97 Å². The molecule has 8 heteroatoms. The Morgan fingerprint density at radius 2 is 2.17 bits per heavy atom. The van der Waals surface area contributed by atoms with Gasteiger partial charge in [0, 0.05) is 17.8 Å². The van der Waals surface area contributed by atoms with Crippen LogP contribution in [0.2, 0.25) is 0 Å². The molecule has 2 aromatic heterocycles. The molecule has 8 nitrogen and oxygen atoms in total. The summed E-state index contributed by atoms with van der Waals surface area (Å²) in [7, 11) is 1.51. The summed E-state index contributed by atoms with van der Waals surface area (Å²) in [5, 5.41) is 9.17. The minimum absolute atomic E-state index is 0.0310. The lowest BCUT2D eigenvalue weighted by Crippen LogP contribution is -2.10. The smallest absolute Gasteiger partial charge is 0.354 e. The van der Waals surface area contributed by atoms with Crippen LogP contribution in [0.25, 0.3) is 0 Å². The van der Waals surface area contributed by atoms with E-state index >= 15 is 0 Å². The van der Waals surface area contributed by atoms with Crippen molar-refractivity contribution < 1.29 is 28.8 Å². The van der Waals surface area contributed by atoms with Gasteiger partial charge in [-0.25, -0.2) is 14.8 Å². The van der Waals surface area contributed by atoms with Gasteiger partial charge in [0.15, 0.2) is 12.0 Å². The van der Waals surface area contributed by atoms with Gasteiger partial charge >= 0.3 is 5.97 Å². The van der Waals surface area contributed by atoms with E-state index in [4.69, 9.17) is 18.9 Å². The summed E-state index contributed by atoms with van der Waals surface area (Å²) in [6.07, 6.45) is 2.36. The van der Waals surface area contributed by atoms with Crippen molar-refractivity contribution in [3.8, 4) is 11.6 Å². The fourth-order valence-corrected chi connectivity index (χ4v) is 2.30. The van der Waals surface area contributed by atoms with Crippen molar-refractivity contribution in [1.29, 1.82) is 0 Å². The summed E-state index contributed by atoms with van der Waals surface area (Å²) in [4.78, 5) is 19.2. The maximum absolute atomic E-state index is 11.2. The van der Waals surface area contributed by atoms with E-state index in [0.717, 1.165) is 0 Å². The molecule has 1 fully saturated rings. The standard InChI is InChI=1S/C16H16N2O6/c1-21-13-7-11(16-22-5-6-23-16)12(8-18-13)24-9-10-3-2-4-17-14(10)15(19)20/h2-4,7-8,16H,5-6,9H2,1H3,(H,19,20). The molecule has 24 heavy (non-hydrogen) atoms. The fraction of sp³-hybridized carbons (Fsp3) is 0.312. The Bertz CT molecular complexity index is 730. The molecule has 0 spiro atoms. The number of carbonyl (C=O) groups is 1. The molecule has 126 valence electrons. The second-order valence-corrected chi connectivity index (χ2v) is 4.94. The SMILES string of the molecule is COc1cc(C2OCCO2)c(OCc2cccnc2C(=O)O)cn1. The molecule has 0 bridgehead atoms. The van der Waals surface area contributed by atoms with Gasteiger partial charge in [-0.3, -0.25) is 0 Å². The third-order valence-electron chi connectivity index (χ3n) is 3.43.